The second-order valence-corrected chi connectivity index (χ2v) is 4.07. The molecule has 76 valence electrons. The van der Waals surface area contributed by atoms with Crippen LogP contribution < -0.4 is 11.1 Å². The van der Waals surface area contributed by atoms with Crippen molar-refractivity contribution in [3.05, 3.63) is 0 Å². The fraction of sp³-hybridized carbons (Fsp3) is 0.833. The van der Waals surface area contributed by atoms with Crippen molar-refractivity contribution in [3.63, 3.8) is 0 Å². The molecule has 0 aliphatic heterocycles. The van der Waals surface area contributed by atoms with Gasteiger partial charge in [-0.15, -0.1) is 0 Å². The van der Waals surface area contributed by atoms with Crippen LogP contribution in [-0.4, -0.2) is 39.0 Å². The van der Waals surface area contributed by atoms with Crippen molar-refractivity contribution in [2.45, 2.75) is 31.9 Å². The lowest BCUT2D eigenvalue weighted by atomic mass is 9.80. The standard InChI is InChI=1S/C6H14BIN2O3/c1-3(9)5(6(8)11)10-4(2)7(12)13/h3-5,10,12-13H,9H2,1-2H3/t3-,4?,5-/m0/s1. The van der Waals surface area contributed by atoms with Crippen molar-refractivity contribution < 1.29 is 14.8 Å². The molecule has 0 bridgehead atoms. The number of hydrogen-bond acceptors (Lipinski definition) is 5. The first-order valence-electron chi connectivity index (χ1n) is 3.93. The van der Waals surface area contributed by atoms with E-state index in [0.29, 0.717) is 0 Å². The molecular formula is C6H14BIN2O3. The minimum absolute atomic E-state index is 0.139. The zero-order valence-corrected chi connectivity index (χ0v) is 9.72. The van der Waals surface area contributed by atoms with Crippen LogP contribution in [0.25, 0.3) is 0 Å². The number of carbonyl (C=O) groups excluding carboxylic acids is 1. The summed E-state index contributed by atoms with van der Waals surface area (Å²) in [5.41, 5.74) is 5.53. The molecule has 5 N–H and O–H groups in total. The van der Waals surface area contributed by atoms with Crippen molar-refractivity contribution >= 4 is 33.5 Å². The zero-order chi connectivity index (χ0) is 10.6. The van der Waals surface area contributed by atoms with Gasteiger partial charge in [0.1, 0.15) is 0 Å². The molecule has 0 aromatic carbocycles. The van der Waals surface area contributed by atoms with Gasteiger partial charge in [0.05, 0.1) is 6.04 Å². The number of nitrogens with two attached hydrogens (primary N) is 1. The summed E-state index contributed by atoms with van der Waals surface area (Å²) in [5, 5.41) is 20.3. The van der Waals surface area contributed by atoms with E-state index in [1.165, 1.54) is 0 Å². The Balaban J connectivity index is 4.18. The fourth-order valence-electron chi connectivity index (χ4n) is 0.793. The first-order chi connectivity index (χ1) is 5.86. The molecule has 0 aromatic rings. The van der Waals surface area contributed by atoms with Crippen LogP contribution in [0.5, 0.6) is 0 Å². The van der Waals surface area contributed by atoms with E-state index in [-0.39, 0.29) is 9.83 Å². The van der Waals surface area contributed by atoms with Gasteiger partial charge in [-0.05, 0) is 6.92 Å². The fourth-order valence-corrected chi connectivity index (χ4v) is 1.54. The highest BCUT2D eigenvalue weighted by Crippen LogP contribution is 2.01. The van der Waals surface area contributed by atoms with Crippen LogP contribution in [0.3, 0.4) is 0 Å². The van der Waals surface area contributed by atoms with Gasteiger partial charge >= 0.3 is 7.12 Å². The van der Waals surface area contributed by atoms with Crippen LogP contribution in [0.15, 0.2) is 0 Å². The van der Waals surface area contributed by atoms with E-state index in [1.54, 1.807) is 36.4 Å². The first kappa shape index (κ1) is 13.3. The summed E-state index contributed by atoms with van der Waals surface area (Å²) in [6.45, 7) is 3.25. The molecule has 0 amide bonds. The van der Waals surface area contributed by atoms with E-state index in [1.807, 2.05) is 0 Å². The van der Waals surface area contributed by atoms with Gasteiger partial charge in [-0.25, -0.2) is 0 Å². The molecule has 3 atom stereocenters. The van der Waals surface area contributed by atoms with Crippen LogP contribution >= 0.6 is 22.6 Å². The molecule has 0 heterocycles. The second-order valence-electron chi connectivity index (χ2n) is 3.01. The van der Waals surface area contributed by atoms with Gasteiger partial charge in [0.25, 0.3) is 0 Å². The molecule has 0 rings (SSSR count). The largest absolute Gasteiger partial charge is 0.469 e. The average molecular weight is 300 g/mol. The van der Waals surface area contributed by atoms with Crippen molar-refractivity contribution in [2.24, 2.45) is 5.73 Å². The summed E-state index contributed by atoms with van der Waals surface area (Å²) in [7, 11) is -1.49. The Kier molecular flexibility index (Phi) is 6.05. The lowest BCUT2D eigenvalue weighted by Crippen LogP contribution is -2.54. The van der Waals surface area contributed by atoms with E-state index < -0.39 is 19.1 Å². The molecule has 0 saturated heterocycles. The molecule has 1 unspecified atom stereocenters. The summed E-state index contributed by atoms with van der Waals surface area (Å²) >= 11 is 1.63. The number of halogens is 1. The van der Waals surface area contributed by atoms with E-state index in [2.05, 4.69) is 5.32 Å². The van der Waals surface area contributed by atoms with Gasteiger partial charge in [-0.3, -0.25) is 4.79 Å². The highest BCUT2D eigenvalue weighted by atomic mass is 127. The number of carbonyl (C=O) groups is 1. The third kappa shape index (κ3) is 4.92. The smallest absolute Gasteiger partial charge is 0.426 e. The van der Waals surface area contributed by atoms with Gasteiger partial charge < -0.3 is 21.1 Å². The minimum Gasteiger partial charge on any atom is -0.426 e. The van der Waals surface area contributed by atoms with Crippen molar-refractivity contribution in [3.8, 4) is 0 Å². The van der Waals surface area contributed by atoms with Crippen molar-refractivity contribution in [2.75, 3.05) is 0 Å². The maximum absolute atomic E-state index is 11.0. The van der Waals surface area contributed by atoms with Gasteiger partial charge in [-0.1, -0.05) is 6.92 Å². The summed E-state index contributed by atoms with van der Waals surface area (Å²) in [6, 6.07) is -0.900. The Bertz CT molecular complexity index is 179. The normalized spacial score (nSPS) is 17.7. The van der Waals surface area contributed by atoms with Crippen LogP contribution in [0.1, 0.15) is 13.8 Å². The minimum atomic E-state index is -1.49. The number of rotatable bonds is 5. The molecule has 0 aromatic heterocycles. The van der Waals surface area contributed by atoms with Gasteiger partial charge in [0, 0.05) is 34.6 Å². The Labute approximate surface area is 91.4 Å². The molecule has 0 spiro atoms. The first-order valence-corrected chi connectivity index (χ1v) is 5.01. The van der Waals surface area contributed by atoms with E-state index in [0.717, 1.165) is 0 Å². The SMILES string of the molecule is CC(N[C@H](C(=O)I)[C@H](C)N)B(O)O. The molecular weight excluding hydrogens is 286 g/mol. The van der Waals surface area contributed by atoms with E-state index in [9.17, 15) is 4.79 Å². The van der Waals surface area contributed by atoms with Gasteiger partial charge in [0.2, 0.25) is 3.79 Å². The molecule has 0 fully saturated rings. The topological polar surface area (TPSA) is 95.6 Å². The number of nitrogens with one attached hydrogen (secondary N) is 1. The lowest BCUT2D eigenvalue weighted by Gasteiger charge is -2.22. The lowest BCUT2D eigenvalue weighted by molar-refractivity contribution is -0.111. The highest BCUT2D eigenvalue weighted by Gasteiger charge is 2.26. The van der Waals surface area contributed by atoms with Crippen LogP contribution in [0.4, 0.5) is 0 Å². The van der Waals surface area contributed by atoms with Gasteiger partial charge in [0.15, 0.2) is 0 Å². The summed E-state index contributed by atoms with van der Waals surface area (Å²) in [4.78, 5) is 11.0. The quantitative estimate of drug-likeness (QED) is 0.286. The van der Waals surface area contributed by atoms with Gasteiger partial charge in [-0.2, -0.15) is 0 Å². The van der Waals surface area contributed by atoms with Crippen molar-refractivity contribution in [1.29, 1.82) is 0 Å². The highest BCUT2D eigenvalue weighted by molar-refractivity contribution is 14.1. The monoisotopic (exact) mass is 300 g/mol. The summed E-state index contributed by atoms with van der Waals surface area (Å²) < 4.78 is -0.139. The summed E-state index contributed by atoms with van der Waals surface area (Å²) in [5.74, 6) is -0.574. The maximum Gasteiger partial charge on any atom is 0.469 e. The Hall–Kier alpha value is 0.305. The number of hydrogen-bond donors (Lipinski definition) is 4. The Morgan fingerprint density at radius 2 is 2.00 bits per heavy atom. The van der Waals surface area contributed by atoms with Crippen LogP contribution in [0.2, 0.25) is 0 Å². The molecule has 0 aliphatic rings. The van der Waals surface area contributed by atoms with Crippen molar-refractivity contribution in [1.82, 2.24) is 5.32 Å². The third-order valence-corrected chi connectivity index (χ3v) is 2.33. The maximum atomic E-state index is 11.0. The van der Waals surface area contributed by atoms with Crippen LogP contribution in [-0.2, 0) is 4.79 Å². The molecule has 13 heavy (non-hydrogen) atoms. The molecule has 0 aliphatic carbocycles. The second kappa shape index (κ2) is 5.92. The molecule has 0 radical (unpaired) electrons. The summed E-state index contributed by atoms with van der Waals surface area (Å²) in [6.07, 6.45) is 0. The van der Waals surface area contributed by atoms with E-state index in [4.69, 9.17) is 15.8 Å². The van der Waals surface area contributed by atoms with Crippen LogP contribution in [0, 0.1) is 0 Å². The predicted molar refractivity (Wildman–Crippen MR) is 59.3 cm³/mol. The Morgan fingerprint density at radius 3 is 2.23 bits per heavy atom. The molecule has 5 nitrogen and oxygen atoms in total. The molecule has 0 saturated carbocycles. The third-order valence-electron chi connectivity index (χ3n) is 1.66. The molecule has 7 heteroatoms. The average Bonchev–Trinajstić information content (AvgIpc) is 1.97. The van der Waals surface area contributed by atoms with E-state index >= 15 is 0 Å². The zero-order valence-electron chi connectivity index (χ0n) is 7.57. The predicted octanol–water partition coefficient (Wildman–Crippen LogP) is -1.35. The Morgan fingerprint density at radius 1 is 1.54 bits per heavy atom.